The van der Waals surface area contributed by atoms with Gasteiger partial charge in [-0.15, -0.1) is 0 Å². The average Bonchev–Trinajstić information content (AvgIpc) is 3.52. The molecule has 0 aromatic heterocycles. The zero-order chi connectivity index (χ0) is 21.1. The maximum Gasteiger partial charge on any atom is 0.248 e. The van der Waals surface area contributed by atoms with Crippen LogP contribution < -0.4 is 4.90 Å². The zero-order valence-corrected chi connectivity index (χ0v) is 17.4. The lowest BCUT2D eigenvalue weighted by atomic mass is 10.1. The summed E-state index contributed by atoms with van der Waals surface area (Å²) in [4.78, 5) is 42.9. The van der Waals surface area contributed by atoms with Crippen LogP contribution in [-0.2, 0) is 20.8 Å². The molecule has 0 atom stereocenters. The SMILES string of the molecule is O=C(CN(C(=O)CCc1ccccc1)C1CC1)N1CC(=O)N(c2ccc(Cl)cc2)C1. The lowest BCUT2D eigenvalue weighted by Crippen LogP contribution is -2.43. The molecule has 2 aliphatic rings. The van der Waals surface area contributed by atoms with Gasteiger partial charge in [-0.25, -0.2) is 0 Å². The Morgan fingerprint density at radius 3 is 2.40 bits per heavy atom. The first kappa shape index (κ1) is 20.4. The molecule has 30 heavy (non-hydrogen) atoms. The second-order valence-corrected chi connectivity index (χ2v) is 8.21. The van der Waals surface area contributed by atoms with Crippen molar-refractivity contribution in [3.63, 3.8) is 0 Å². The summed E-state index contributed by atoms with van der Waals surface area (Å²) in [6.45, 7) is 0.244. The second-order valence-electron chi connectivity index (χ2n) is 7.77. The number of halogens is 1. The highest BCUT2D eigenvalue weighted by molar-refractivity contribution is 6.30. The Hall–Kier alpha value is -2.86. The van der Waals surface area contributed by atoms with Crippen LogP contribution in [0.15, 0.2) is 54.6 Å². The molecule has 0 bridgehead atoms. The average molecular weight is 426 g/mol. The standard InChI is InChI=1S/C23H24ClN3O3/c24-18-7-9-20(10-8-18)27-16-25(14-23(27)30)22(29)15-26(19-11-12-19)21(28)13-6-17-4-2-1-3-5-17/h1-5,7-10,19H,6,11-16H2. The quantitative estimate of drug-likeness (QED) is 0.684. The van der Waals surface area contributed by atoms with E-state index in [0.29, 0.717) is 23.6 Å². The fraction of sp³-hybridized carbons (Fsp3) is 0.348. The molecule has 6 nitrogen and oxygen atoms in total. The van der Waals surface area contributed by atoms with E-state index in [4.69, 9.17) is 11.6 Å². The van der Waals surface area contributed by atoms with Crippen molar-refractivity contribution in [2.75, 3.05) is 24.7 Å². The molecule has 3 amide bonds. The zero-order valence-electron chi connectivity index (χ0n) is 16.7. The lowest BCUT2D eigenvalue weighted by Gasteiger charge is -2.25. The summed E-state index contributed by atoms with van der Waals surface area (Å²) >= 11 is 5.92. The number of anilines is 1. The summed E-state index contributed by atoms with van der Waals surface area (Å²) in [5.74, 6) is -0.339. The number of nitrogens with zero attached hydrogens (tertiary/aromatic N) is 3. The summed E-state index contributed by atoms with van der Waals surface area (Å²) in [5.41, 5.74) is 1.81. The fourth-order valence-electron chi connectivity index (χ4n) is 3.65. The maximum absolute atomic E-state index is 12.9. The van der Waals surface area contributed by atoms with Gasteiger partial charge in [0.25, 0.3) is 0 Å². The smallest absolute Gasteiger partial charge is 0.248 e. The van der Waals surface area contributed by atoms with Gasteiger partial charge in [0.2, 0.25) is 17.7 Å². The largest absolute Gasteiger partial charge is 0.330 e. The van der Waals surface area contributed by atoms with Gasteiger partial charge in [-0.3, -0.25) is 19.3 Å². The van der Waals surface area contributed by atoms with Gasteiger partial charge in [0, 0.05) is 23.2 Å². The molecule has 0 radical (unpaired) electrons. The minimum absolute atomic E-state index is 0.00483. The third-order valence-electron chi connectivity index (χ3n) is 5.51. The third-order valence-corrected chi connectivity index (χ3v) is 5.77. The summed E-state index contributed by atoms with van der Waals surface area (Å²) in [5, 5.41) is 0.590. The Morgan fingerprint density at radius 2 is 1.73 bits per heavy atom. The van der Waals surface area contributed by atoms with Gasteiger partial charge >= 0.3 is 0 Å². The third kappa shape index (κ3) is 4.82. The Labute approximate surface area is 181 Å². The Kier molecular flexibility index (Phi) is 6.04. The summed E-state index contributed by atoms with van der Waals surface area (Å²) in [6, 6.07) is 17.0. The number of amides is 3. The van der Waals surface area contributed by atoms with E-state index < -0.39 is 0 Å². The topological polar surface area (TPSA) is 60.9 Å². The van der Waals surface area contributed by atoms with Crippen LogP contribution in [0.5, 0.6) is 0 Å². The van der Waals surface area contributed by atoms with Gasteiger partial charge < -0.3 is 9.80 Å². The van der Waals surface area contributed by atoms with Crippen LogP contribution >= 0.6 is 11.6 Å². The van der Waals surface area contributed by atoms with Crippen molar-refractivity contribution in [2.24, 2.45) is 0 Å². The Balaban J connectivity index is 1.36. The Bertz CT molecular complexity index is 928. The van der Waals surface area contributed by atoms with Crippen molar-refractivity contribution in [1.29, 1.82) is 0 Å². The van der Waals surface area contributed by atoms with Crippen LogP contribution in [-0.4, -0.2) is 53.3 Å². The van der Waals surface area contributed by atoms with Gasteiger partial charge in [0.15, 0.2) is 0 Å². The van der Waals surface area contributed by atoms with E-state index in [9.17, 15) is 14.4 Å². The number of benzene rings is 2. The molecule has 1 heterocycles. The van der Waals surface area contributed by atoms with Gasteiger partial charge in [-0.2, -0.15) is 0 Å². The predicted octanol–water partition coefficient (Wildman–Crippen LogP) is 3.10. The van der Waals surface area contributed by atoms with Crippen LogP contribution in [0.25, 0.3) is 0 Å². The van der Waals surface area contributed by atoms with Gasteiger partial charge in [-0.1, -0.05) is 41.9 Å². The van der Waals surface area contributed by atoms with Crippen LogP contribution in [0.2, 0.25) is 5.02 Å². The van der Waals surface area contributed by atoms with Gasteiger partial charge in [0.05, 0.1) is 0 Å². The summed E-state index contributed by atoms with van der Waals surface area (Å²) in [6.07, 6.45) is 2.90. The van der Waals surface area contributed by atoms with Crippen LogP contribution in [0.3, 0.4) is 0 Å². The molecule has 1 saturated carbocycles. The minimum Gasteiger partial charge on any atom is -0.330 e. The maximum atomic E-state index is 12.9. The molecule has 156 valence electrons. The number of hydrogen-bond donors (Lipinski definition) is 0. The summed E-state index contributed by atoms with van der Waals surface area (Å²) < 4.78 is 0. The van der Waals surface area contributed by atoms with Crippen LogP contribution in [0.1, 0.15) is 24.8 Å². The van der Waals surface area contributed by atoms with Gasteiger partial charge in [-0.05, 0) is 49.1 Å². The molecule has 1 saturated heterocycles. The normalized spacial score (nSPS) is 16.1. The monoisotopic (exact) mass is 425 g/mol. The van der Waals surface area contributed by atoms with E-state index in [-0.39, 0.29) is 43.5 Å². The number of carbonyl (C=O) groups is 3. The van der Waals surface area contributed by atoms with Crippen molar-refractivity contribution in [2.45, 2.75) is 31.7 Å². The molecule has 0 unspecified atom stereocenters. The number of rotatable bonds is 7. The molecule has 0 spiro atoms. The second kappa shape index (κ2) is 8.88. The molecule has 1 aliphatic heterocycles. The van der Waals surface area contributed by atoms with E-state index in [2.05, 4.69) is 0 Å². The van der Waals surface area contributed by atoms with Gasteiger partial charge in [0.1, 0.15) is 19.8 Å². The van der Waals surface area contributed by atoms with E-state index in [1.807, 2.05) is 30.3 Å². The minimum atomic E-state index is -0.195. The number of carbonyl (C=O) groups excluding carboxylic acids is 3. The highest BCUT2D eigenvalue weighted by atomic mass is 35.5. The molecule has 1 aliphatic carbocycles. The Morgan fingerprint density at radius 1 is 1.03 bits per heavy atom. The number of hydrogen-bond acceptors (Lipinski definition) is 3. The first-order chi connectivity index (χ1) is 14.5. The van der Waals surface area contributed by atoms with E-state index >= 15 is 0 Å². The molecule has 4 rings (SSSR count). The molecule has 2 aromatic carbocycles. The summed E-state index contributed by atoms with van der Waals surface area (Å²) in [7, 11) is 0. The van der Waals surface area contributed by atoms with Crippen molar-refractivity contribution in [1.82, 2.24) is 9.80 Å². The highest BCUT2D eigenvalue weighted by Crippen LogP contribution is 2.28. The molecular weight excluding hydrogens is 402 g/mol. The van der Waals surface area contributed by atoms with Crippen LogP contribution in [0.4, 0.5) is 5.69 Å². The first-order valence-corrected chi connectivity index (χ1v) is 10.6. The van der Waals surface area contributed by atoms with E-state index in [1.165, 1.54) is 4.90 Å². The predicted molar refractivity (Wildman–Crippen MR) is 115 cm³/mol. The van der Waals surface area contributed by atoms with Crippen molar-refractivity contribution in [3.8, 4) is 0 Å². The van der Waals surface area contributed by atoms with Crippen molar-refractivity contribution >= 4 is 35.0 Å². The van der Waals surface area contributed by atoms with Crippen molar-refractivity contribution in [3.05, 3.63) is 65.2 Å². The molecule has 0 N–H and O–H groups in total. The van der Waals surface area contributed by atoms with Crippen LogP contribution in [0, 0.1) is 0 Å². The highest BCUT2D eigenvalue weighted by Gasteiger charge is 2.37. The fourth-order valence-corrected chi connectivity index (χ4v) is 3.78. The molecule has 7 heteroatoms. The molecule has 2 fully saturated rings. The van der Waals surface area contributed by atoms with E-state index in [0.717, 1.165) is 18.4 Å². The van der Waals surface area contributed by atoms with Crippen molar-refractivity contribution < 1.29 is 14.4 Å². The van der Waals surface area contributed by atoms with E-state index in [1.54, 1.807) is 34.1 Å². The number of aryl methyl sites for hydroxylation is 1. The first-order valence-electron chi connectivity index (χ1n) is 10.2. The molecule has 2 aromatic rings. The lowest BCUT2D eigenvalue weighted by molar-refractivity contribution is -0.140. The molecular formula is C23H24ClN3O3.